The Morgan fingerprint density at radius 2 is 1.89 bits per heavy atom. The number of benzene rings is 2. The molecular formula is C20H23ClN4O3. The molecule has 148 valence electrons. The van der Waals surface area contributed by atoms with Gasteiger partial charge in [-0.25, -0.2) is 4.79 Å². The first-order valence-electron chi connectivity index (χ1n) is 8.94. The van der Waals surface area contributed by atoms with Crippen LogP contribution in [0, 0.1) is 0 Å². The van der Waals surface area contributed by atoms with Crippen LogP contribution in [0.2, 0.25) is 5.02 Å². The van der Waals surface area contributed by atoms with Crippen LogP contribution in [0.3, 0.4) is 0 Å². The summed E-state index contributed by atoms with van der Waals surface area (Å²) in [6, 6.07) is 11.7. The number of nitrogens with zero attached hydrogens (tertiary/aromatic N) is 2. The van der Waals surface area contributed by atoms with Crippen molar-refractivity contribution in [2.24, 2.45) is 0 Å². The van der Waals surface area contributed by atoms with Gasteiger partial charge in [0.05, 0.1) is 5.69 Å². The van der Waals surface area contributed by atoms with Gasteiger partial charge >= 0.3 is 6.03 Å². The largest absolute Gasteiger partial charge is 0.479 e. The van der Waals surface area contributed by atoms with Gasteiger partial charge in [0.15, 0.2) is 6.10 Å². The number of anilines is 3. The second-order valence-corrected chi connectivity index (χ2v) is 7.26. The lowest BCUT2D eigenvalue weighted by molar-refractivity contribution is -0.125. The van der Waals surface area contributed by atoms with Crippen molar-refractivity contribution in [3.8, 4) is 5.75 Å². The average Bonchev–Trinajstić information content (AvgIpc) is 2.62. The Morgan fingerprint density at radius 3 is 2.57 bits per heavy atom. The van der Waals surface area contributed by atoms with Crippen molar-refractivity contribution >= 4 is 40.6 Å². The summed E-state index contributed by atoms with van der Waals surface area (Å²) in [6.45, 7) is 2.98. The SMILES string of the molecule is CC1Oc2ccc(NC(=O)Nc3cccc(Cl)c3)cc2N(CCN(C)C)C1=O. The van der Waals surface area contributed by atoms with Gasteiger partial charge in [-0.1, -0.05) is 17.7 Å². The molecule has 7 nitrogen and oxygen atoms in total. The molecule has 0 saturated carbocycles. The molecule has 8 heteroatoms. The number of ether oxygens (including phenoxy) is 1. The Morgan fingerprint density at radius 1 is 1.18 bits per heavy atom. The summed E-state index contributed by atoms with van der Waals surface area (Å²) in [4.78, 5) is 28.6. The highest BCUT2D eigenvalue weighted by Gasteiger charge is 2.31. The number of nitrogens with one attached hydrogen (secondary N) is 2. The van der Waals surface area contributed by atoms with Gasteiger partial charge in [-0.2, -0.15) is 0 Å². The van der Waals surface area contributed by atoms with Crippen LogP contribution in [0.25, 0.3) is 0 Å². The molecule has 1 aliphatic rings. The molecule has 2 aromatic rings. The van der Waals surface area contributed by atoms with E-state index in [1.54, 1.807) is 54.3 Å². The van der Waals surface area contributed by atoms with Gasteiger partial charge in [0.25, 0.3) is 5.91 Å². The highest BCUT2D eigenvalue weighted by molar-refractivity contribution is 6.30. The molecule has 0 bridgehead atoms. The topological polar surface area (TPSA) is 73.9 Å². The highest BCUT2D eigenvalue weighted by Crippen LogP contribution is 2.36. The van der Waals surface area contributed by atoms with Gasteiger partial charge in [-0.15, -0.1) is 0 Å². The fraction of sp³-hybridized carbons (Fsp3) is 0.300. The third-order valence-corrected chi connectivity index (χ3v) is 4.51. The lowest BCUT2D eigenvalue weighted by atomic mass is 10.1. The minimum atomic E-state index is -0.542. The lowest BCUT2D eigenvalue weighted by Gasteiger charge is -2.34. The van der Waals surface area contributed by atoms with E-state index in [0.29, 0.717) is 40.9 Å². The summed E-state index contributed by atoms with van der Waals surface area (Å²) in [5.41, 5.74) is 1.78. The number of halogens is 1. The van der Waals surface area contributed by atoms with Crippen LogP contribution in [0.15, 0.2) is 42.5 Å². The first-order chi connectivity index (χ1) is 13.3. The third-order valence-electron chi connectivity index (χ3n) is 4.28. The van der Waals surface area contributed by atoms with Crippen molar-refractivity contribution in [3.05, 3.63) is 47.5 Å². The normalized spacial score (nSPS) is 15.8. The predicted molar refractivity (Wildman–Crippen MR) is 112 cm³/mol. The van der Waals surface area contributed by atoms with E-state index < -0.39 is 12.1 Å². The number of fused-ring (bicyclic) bond motifs is 1. The fourth-order valence-electron chi connectivity index (χ4n) is 2.88. The second-order valence-electron chi connectivity index (χ2n) is 6.83. The van der Waals surface area contributed by atoms with Crippen LogP contribution >= 0.6 is 11.6 Å². The van der Waals surface area contributed by atoms with Gasteiger partial charge in [-0.3, -0.25) is 4.79 Å². The number of carbonyl (C=O) groups excluding carboxylic acids is 2. The first kappa shape index (κ1) is 20.0. The maximum absolute atomic E-state index is 12.6. The van der Waals surface area contributed by atoms with Crippen molar-refractivity contribution in [3.63, 3.8) is 0 Å². The van der Waals surface area contributed by atoms with Crippen LogP contribution in [-0.2, 0) is 4.79 Å². The highest BCUT2D eigenvalue weighted by atomic mass is 35.5. The summed E-state index contributed by atoms with van der Waals surface area (Å²) >= 11 is 5.93. The molecule has 3 rings (SSSR count). The standard InChI is InChI=1S/C20H23ClN4O3/c1-13-19(26)25(10-9-24(2)3)17-12-16(7-8-18(17)28-13)23-20(27)22-15-6-4-5-14(21)11-15/h4-8,11-13H,9-10H2,1-3H3,(H2,22,23,27). The summed E-state index contributed by atoms with van der Waals surface area (Å²) < 4.78 is 5.70. The van der Waals surface area contributed by atoms with Gasteiger partial charge in [-0.05, 0) is 57.4 Å². The van der Waals surface area contributed by atoms with E-state index in [9.17, 15) is 9.59 Å². The van der Waals surface area contributed by atoms with Gasteiger partial charge < -0.3 is 25.2 Å². The monoisotopic (exact) mass is 402 g/mol. The Hall–Kier alpha value is -2.77. The smallest absolute Gasteiger partial charge is 0.323 e. The average molecular weight is 403 g/mol. The molecule has 0 radical (unpaired) electrons. The van der Waals surface area contributed by atoms with Crippen LogP contribution < -0.4 is 20.3 Å². The summed E-state index contributed by atoms with van der Waals surface area (Å²) in [6.07, 6.45) is -0.542. The number of hydrogen-bond donors (Lipinski definition) is 2. The molecule has 0 fully saturated rings. The third kappa shape index (κ3) is 4.74. The molecule has 28 heavy (non-hydrogen) atoms. The molecule has 2 aromatic carbocycles. The Balaban J connectivity index is 1.77. The Kier molecular flexibility index (Phi) is 6.06. The van der Waals surface area contributed by atoms with E-state index >= 15 is 0 Å². The van der Waals surface area contributed by atoms with Crippen molar-refractivity contribution in [1.29, 1.82) is 0 Å². The Bertz CT molecular complexity index is 888. The van der Waals surface area contributed by atoms with Gasteiger partial charge in [0.2, 0.25) is 0 Å². The molecule has 3 amide bonds. The molecule has 1 atom stereocenters. The number of rotatable bonds is 5. The van der Waals surface area contributed by atoms with Crippen LogP contribution in [0.1, 0.15) is 6.92 Å². The van der Waals surface area contributed by atoms with Gasteiger partial charge in [0.1, 0.15) is 5.75 Å². The van der Waals surface area contributed by atoms with Crippen molar-refractivity contribution in [1.82, 2.24) is 4.90 Å². The number of amides is 3. The minimum absolute atomic E-state index is 0.102. The number of hydrogen-bond acceptors (Lipinski definition) is 4. The maximum atomic E-state index is 12.6. The zero-order chi connectivity index (χ0) is 20.3. The maximum Gasteiger partial charge on any atom is 0.323 e. The number of likely N-dealkylation sites (N-methyl/N-ethyl adjacent to an activating group) is 1. The molecule has 2 N–H and O–H groups in total. The zero-order valence-electron chi connectivity index (χ0n) is 16.0. The molecule has 1 aliphatic heterocycles. The second kappa shape index (κ2) is 8.50. The van der Waals surface area contributed by atoms with Crippen LogP contribution in [0.4, 0.5) is 21.9 Å². The van der Waals surface area contributed by atoms with Crippen molar-refractivity contribution in [2.75, 3.05) is 42.7 Å². The van der Waals surface area contributed by atoms with E-state index in [0.717, 1.165) is 0 Å². The number of carbonyl (C=O) groups is 2. The van der Waals surface area contributed by atoms with E-state index in [2.05, 4.69) is 10.6 Å². The molecule has 1 heterocycles. The lowest BCUT2D eigenvalue weighted by Crippen LogP contribution is -2.46. The first-order valence-corrected chi connectivity index (χ1v) is 9.31. The van der Waals surface area contributed by atoms with Gasteiger partial charge in [0, 0.05) is 29.5 Å². The molecule has 0 spiro atoms. The van der Waals surface area contributed by atoms with Crippen molar-refractivity contribution in [2.45, 2.75) is 13.0 Å². The predicted octanol–water partition coefficient (Wildman–Crippen LogP) is 3.66. The zero-order valence-corrected chi connectivity index (χ0v) is 16.8. The Labute approximate surface area is 169 Å². The summed E-state index contributed by atoms with van der Waals surface area (Å²) in [5, 5.41) is 6.03. The molecular weight excluding hydrogens is 380 g/mol. The molecule has 0 saturated heterocycles. The summed E-state index contributed by atoms with van der Waals surface area (Å²) in [7, 11) is 3.90. The van der Waals surface area contributed by atoms with E-state index in [-0.39, 0.29) is 5.91 Å². The van der Waals surface area contributed by atoms with Crippen LogP contribution in [0.5, 0.6) is 5.75 Å². The molecule has 0 aromatic heterocycles. The molecule has 0 aliphatic carbocycles. The van der Waals surface area contributed by atoms with E-state index in [1.807, 2.05) is 19.0 Å². The van der Waals surface area contributed by atoms with Crippen LogP contribution in [-0.4, -0.2) is 50.1 Å². The molecule has 1 unspecified atom stereocenters. The summed E-state index contributed by atoms with van der Waals surface area (Å²) in [5.74, 6) is 0.515. The van der Waals surface area contributed by atoms with E-state index in [1.165, 1.54) is 0 Å². The van der Waals surface area contributed by atoms with E-state index in [4.69, 9.17) is 16.3 Å². The number of urea groups is 1. The quantitative estimate of drug-likeness (QED) is 0.800. The fourth-order valence-corrected chi connectivity index (χ4v) is 3.07. The minimum Gasteiger partial charge on any atom is -0.479 e. The van der Waals surface area contributed by atoms with Crippen molar-refractivity contribution < 1.29 is 14.3 Å².